The lowest BCUT2D eigenvalue weighted by Crippen LogP contribution is -2.36. The number of hydrogen-bond donors (Lipinski definition) is 0. The molecule has 0 unspecified atom stereocenters. The van der Waals surface area contributed by atoms with Crippen molar-refractivity contribution in [3.8, 4) is 0 Å². The molecule has 0 atom stereocenters. The number of fused-ring (bicyclic) bond motifs is 4. The van der Waals surface area contributed by atoms with E-state index in [1.165, 1.54) is 0 Å². The number of rotatable bonds is 1. The molecule has 0 radical (unpaired) electrons. The second-order valence-corrected chi connectivity index (χ2v) is 9.79. The topological polar surface area (TPSA) is 34.1 Å². The molecule has 0 saturated carbocycles. The Morgan fingerprint density at radius 2 is 0.391 bits per heavy atom. The van der Waals surface area contributed by atoms with Gasteiger partial charge in [0.1, 0.15) is 0 Å². The van der Waals surface area contributed by atoms with E-state index in [2.05, 4.69) is 0 Å². The summed E-state index contributed by atoms with van der Waals surface area (Å²) in [6, 6.07) is 0. The lowest BCUT2D eigenvalue weighted by atomic mass is 9.63. The molecule has 0 fully saturated rings. The van der Waals surface area contributed by atoms with Crippen LogP contribution in [0.4, 0.5) is 70.2 Å². The molecule has 238 valence electrons. The lowest BCUT2D eigenvalue weighted by Gasteiger charge is -2.38. The molecule has 0 aliphatic heterocycles. The molecule has 0 N–H and O–H groups in total. The highest BCUT2D eigenvalue weighted by atomic mass is 19.2. The van der Waals surface area contributed by atoms with E-state index < -0.39 is 161 Å². The fourth-order valence-corrected chi connectivity index (χ4v) is 5.86. The highest BCUT2D eigenvalue weighted by Gasteiger charge is 2.53. The summed E-state index contributed by atoms with van der Waals surface area (Å²) in [7, 11) is 0. The Kier molecular flexibility index (Phi) is 6.62. The average Bonchev–Trinajstić information content (AvgIpc) is 3.02. The first-order valence-corrected chi connectivity index (χ1v) is 11.9. The Morgan fingerprint density at radius 1 is 0.239 bits per heavy atom. The molecule has 0 spiro atoms. The van der Waals surface area contributed by atoms with Gasteiger partial charge in [0.15, 0.2) is 105 Å². The molecule has 0 amide bonds. The van der Waals surface area contributed by atoms with Crippen molar-refractivity contribution in [1.29, 1.82) is 0 Å². The molecular formula is C28H2F16O2. The zero-order valence-corrected chi connectivity index (χ0v) is 21.0. The lowest BCUT2D eigenvalue weighted by molar-refractivity contribution is 0.100. The highest BCUT2D eigenvalue weighted by Crippen LogP contribution is 2.56. The summed E-state index contributed by atoms with van der Waals surface area (Å²) in [5.41, 5.74) is -17.8. The summed E-state index contributed by atoms with van der Waals surface area (Å²) in [6.07, 6.45) is 0. The van der Waals surface area contributed by atoms with E-state index >= 15 is 35.1 Å². The first kappa shape index (κ1) is 31.1. The first-order valence-electron chi connectivity index (χ1n) is 11.9. The molecule has 0 bridgehead atoms. The molecule has 2 nitrogen and oxygen atoms in total. The van der Waals surface area contributed by atoms with Gasteiger partial charge in [-0.3, -0.25) is 9.59 Å². The van der Waals surface area contributed by atoms with Crippen LogP contribution in [0, 0.1) is 93.1 Å². The van der Waals surface area contributed by atoms with Gasteiger partial charge in [-0.15, -0.1) is 0 Å². The fraction of sp³-hybridized carbons (Fsp3) is 0.0714. The van der Waals surface area contributed by atoms with Crippen LogP contribution in [0.1, 0.15) is 65.9 Å². The molecule has 2 aliphatic rings. The van der Waals surface area contributed by atoms with Gasteiger partial charge in [0.05, 0.1) is 22.3 Å². The van der Waals surface area contributed by atoms with Gasteiger partial charge in [-0.2, -0.15) is 0 Å². The van der Waals surface area contributed by atoms with Crippen LogP contribution >= 0.6 is 0 Å². The molecule has 0 saturated heterocycles. The summed E-state index contributed by atoms with van der Waals surface area (Å²) in [5.74, 6) is -58.0. The van der Waals surface area contributed by atoms with Crippen molar-refractivity contribution in [3.63, 3.8) is 0 Å². The molecule has 4 aromatic carbocycles. The smallest absolute Gasteiger partial charge is 0.199 e. The van der Waals surface area contributed by atoms with Crippen molar-refractivity contribution in [2.45, 2.75) is 11.8 Å². The van der Waals surface area contributed by atoms with Gasteiger partial charge in [-0.25, -0.2) is 70.2 Å². The van der Waals surface area contributed by atoms with Crippen LogP contribution in [0.15, 0.2) is 0 Å². The van der Waals surface area contributed by atoms with Gasteiger partial charge in [0.25, 0.3) is 0 Å². The average molecular weight is 674 g/mol. The normalized spacial score (nSPS) is 14.4. The summed E-state index contributed by atoms with van der Waals surface area (Å²) >= 11 is 0. The van der Waals surface area contributed by atoms with Gasteiger partial charge in [0.2, 0.25) is 0 Å². The van der Waals surface area contributed by atoms with Crippen molar-refractivity contribution in [2.75, 3.05) is 0 Å². The van der Waals surface area contributed by atoms with Gasteiger partial charge in [-0.05, 0) is 0 Å². The van der Waals surface area contributed by atoms with E-state index in [1.807, 2.05) is 0 Å². The maximum absolute atomic E-state index is 15.5. The Morgan fingerprint density at radius 3 is 0.565 bits per heavy atom. The fourth-order valence-electron chi connectivity index (χ4n) is 5.86. The van der Waals surface area contributed by atoms with Crippen molar-refractivity contribution < 1.29 is 79.8 Å². The largest absolute Gasteiger partial charge is 0.288 e. The van der Waals surface area contributed by atoms with E-state index in [-0.39, 0.29) is 0 Å². The number of halogens is 16. The van der Waals surface area contributed by atoms with Crippen LogP contribution in [-0.4, -0.2) is 11.6 Å². The second kappa shape index (κ2) is 9.80. The zero-order valence-electron chi connectivity index (χ0n) is 21.0. The Labute approximate surface area is 241 Å². The molecular weight excluding hydrogens is 672 g/mol. The predicted octanol–water partition coefficient (Wildman–Crippen LogP) is 7.97. The number of benzene rings is 4. The predicted molar refractivity (Wildman–Crippen MR) is 116 cm³/mol. The number of ketones is 2. The highest BCUT2D eigenvalue weighted by molar-refractivity contribution is 6.15. The summed E-state index contributed by atoms with van der Waals surface area (Å²) in [4.78, 5) is 26.1. The van der Waals surface area contributed by atoms with Crippen LogP contribution in [0.25, 0.3) is 0 Å². The third-order valence-corrected chi connectivity index (χ3v) is 7.70. The van der Waals surface area contributed by atoms with Crippen molar-refractivity contribution in [2.24, 2.45) is 0 Å². The zero-order chi connectivity index (χ0) is 34.2. The molecule has 18 heteroatoms. The van der Waals surface area contributed by atoms with Gasteiger partial charge in [-0.1, -0.05) is 0 Å². The van der Waals surface area contributed by atoms with Crippen LogP contribution in [-0.2, 0) is 0 Å². The number of carbonyl (C=O) groups is 2. The minimum atomic E-state index is -3.56. The summed E-state index contributed by atoms with van der Waals surface area (Å²) in [6.45, 7) is 0. The molecule has 0 heterocycles. The van der Waals surface area contributed by atoms with E-state index in [1.54, 1.807) is 0 Å². The minimum absolute atomic E-state index is 2.21. The van der Waals surface area contributed by atoms with Crippen molar-refractivity contribution >= 4 is 11.6 Å². The Balaban J connectivity index is 1.95. The number of hydrogen-bond acceptors (Lipinski definition) is 2. The van der Waals surface area contributed by atoms with Gasteiger partial charge < -0.3 is 0 Å². The van der Waals surface area contributed by atoms with Crippen molar-refractivity contribution in [1.82, 2.24) is 0 Å². The molecule has 4 aromatic rings. The molecule has 6 rings (SSSR count). The quantitative estimate of drug-likeness (QED) is 0.117. The molecule has 46 heavy (non-hydrogen) atoms. The monoisotopic (exact) mass is 674 g/mol. The van der Waals surface area contributed by atoms with E-state index in [0.29, 0.717) is 0 Å². The van der Waals surface area contributed by atoms with Crippen LogP contribution < -0.4 is 0 Å². The Hall–Kier alpha value is -4.90. The van der Waals surface area contributed by atoms with E-state index in [9.17, 15) is 44.7 Å². The van der Waals surface area contributed by atoms with E-state index in [0.717, 1.165) is 0 Å². The van der Waals surface area contributed by atoms with Gasteiger partial charge >= 0.3 is 0 Å². The Bertz CT molecular complexity index is 1870. The molecule has 0 aromatic heterocycles. The summed E-state index contributed by atoms with van der Waals surface area (Å²) < 4.78 is 238. The number of carbonyl (C=O) groups excluding carboxylic acids is 2. The van der Waals surface area contributed by atoms with Crippen LogP contribution in [0.5, 0.6) is 0 Å². The first-order chi connectivity index (χ1) is 21.4. The van der Waals surface area contributed by atoms with E-state index in [4.69, 9.17) is 0 Å². The minimum Gasteiger partial charge on any atom is -0.288 e. The SMILES string of the molecule is O=C1c2c(F)c(F)c(F)c(F)c2C(C2c3c(F)c(F)c(F)c(F)c3C(=O)c3c(F)c(F)c(F)c(F)c32)c2c(F)c(F)c(F)c(F)c21. The third-order valence-electron chi connectivity index (χ3n) is 7.70. The summed E-state index contributed by atoms with van der Waals surface area (Å²) in [5, 5.41) is 0. The second-order valence-electron chi connectivity index (χ2n) is 9.79. The van der Waals surface area contributed by atoms with Crippen LogP contribution in [0.3, 0.4) is 0 Å². The maximum atomic E-state index is 15.5. The van der Waals surface area contributed by atoms with Crippen molar-refractivity contribution in [3.05, 3.63) is 138 Å². The maximum Gasteiger partial charge on any atom is 0.199 e. The molecule has 2 aliphatic carbocycles. The third kappa shape index (κ3) is 3.51. The standard InChI is InChI=1S/C28H2F16O2/c29-11-3-1(4-8(16(34)24(42)20(38)12(4)30)27(45)7(3)15(33)23(41)19(11)37)2-5-9(17(35)25(43)21(39)13(5)31)28(46)10-6(2)14(32)22(40)26(44)18(10)36/h1-2H. The van der Waals surface area contributed by atoms with Crippen LogP contribution in [0.2, 0.25) is 0 Å². The van der Waals surface area contributed by atoms with Gasteiger partial charge in [0, 0.05) is 34.1 Å².